The van der Waals surface area contributed by atoms with Gasteiger partial charge < -0.3 is 14.6 Å². The molecule has 2 amide bonds. The Morgan fingerprint density at radius 2 is 2.03 bits per heavy atom. The summed E-state index contributed by atoms with van der Waals surface area (Å²) < 4.78 is 11.2. The number of piperidine rings is 1. The maximum atomic E-state index is 13.3. The molecule has 1 aromatic carbocycles. The number of rotatable bonds is 4. The topological polar surface area (TPSA) is 82.6 Å². The lowest BCUT2D eigenvalue weighted by Gasteiger charge is -2.46. The molecule has 3 atom stereocenters. The number of nitrogens with zero attached hydrogens (tertiary/aromatic N) is 3. The molecular formula is C24H31N3O5. The lowest BCUT2D eigenvalue weighted by Crippen LogP contribution is -2.59. The van der Waals surface area contributed by atoms with Crippen LogP contribution in [-0.2, 0) is 20.9 Å². The van der Waals surface area contributed by atoms with E-state index < -0.39 is 12.1 Å². The van der Waals surface area contributed by atoms with E-state index in [1.54, 1.807) is 18.0 Å². The molecule has 3 fully saturated rings. The molecule has 3 heterocycles. The first-order valence-corrected chi connectivity index (χ1v) is 11.5. The second-order valence-corrected chi connectivity index (χ2v) is 9.48. The van der Waals surface area contributed by atoms with Crippen LogP contribution in [0.5, 0.6) is 0 Å². The van der Waals surface area contributed by atoms with E-state index in [1.165, 1.54) is 4.90 Å². The summed E-state index contributed by atoms with van der Waals surface area (Å²) >= 11 is 0. The van der Waals surface area contributed by atoms with Gasteiger partial charge in [0.1, 0.15) is 12.6 Å². The van der Waals surface area contributed by atoms with E-state index in [0.29, 0.717) is 25.6 Å². The number of benzene rings is 1. The molecule has 1 N–H and O–H groups in total. The number of fused-ring (bicyclic) bond motifs is 1. The molecule has 0 aromatic heterocycles. The van der Waals surface area contributed by atoms with Crippen molar-refractivity contribution in [2.75, 3.05) is 26.2 Å². The molecule has 5 rings (SSSR count). The molecular weight excluding hydrogens is 410 g/mol. The average Bonchev–Trinajstić information content (AvgIpc) is 3.59. The molecule has 1 spiro atoms. The molecule has 8 heteroatoms. The number of likely N-dealkylation sites (tertiary alicyclic amines) is 1. The molecule has 172 valence electrons. The van der Waals surface area contributed by atoms with Gasteiger partial charge in [-0.05, 0) is 43.7 Å². The zero-order chi connectivity index (χ0) is 22.3. The molecule has 3 aliphatic heterocycles. The number of aliphatic hydroxyl groups is 1. The molecule has 1 aliphatic carbocycles. The Kier molecular flexibility index (Phi) is 5.59. The summed E-state index contributed by atoms with van der Waals surface area (Å²) in [7, 11) is 0. The summed E-state index contributed by atoms with van der Waals surface area (Å²) in [4.78, 5) is 31.2. The lowest BCUT2D eigenvalue weighted by atomic mass is 9.90. The van der Waals surface area contributed by atoms with Crippen molar-refractivity contribution in [3.8, 4) is 0 Å². The summed E-state index contributed by atoms with van der Waals surface area (Å²) in [5.74, 6) is 0.234. The van der Waals surface area contributed by atoms with Gasteiger partial charge in [-0.2, -0.15) is 0 Å². The molecule has 4 aliphatic rings. The minimum atomic E-state index is -0.673. The summed E-state index contributed by atoms with van der Waals surface area (Å²) in [5, 5.41) is 10.5. The van der Waals surface area contributed by atoms with Crippen molar-refractivity contribution < 1.29 is 24.2 Å². The van der Waals surface area contributed by atoms with E-state index in [9.17, 15) is 14.7 Å². The number of hydrogen-bond acceptors (Lipinski definition) is 6. The third kappa shape index (κ3) is 3.97. The van der Waals surface area contributed by atoms with Crippen LogP contribution >= 0.6 is 0 Å². The molecule has 32 heavy (non-hydrogen) atoms. The standard InChI is InChI=1S/C24H31N3O5/c1-17-22(29)27-19(13-25-11-10-24(8-9-24)20(28)14-25)7-12-31-21(27)15-26(17)23(30)32-16-18-5-3-2-4-6-18/h2-6,15,17,19-20,28H,7-14,16H2,1H3/t17-,19-,20?/m0/s1. The summed E-state index contributed by atoms with van der Waals surface area (Å²) in [6, 6.07) is 8.74. The second kappa shape index (κ2) is 8.41. The Hall–Kier alpha value is -2.58. The zero-order valence-corrected chi connectivity index (χ0v) is 18.5. The molecule has 8 nitrogen and oxygen atoms in total. The smallest absolute Gasteiger partial charge is 0.415 e. The van der Waals surface area contributed by atoms with Crippen molar-refractivity contribution in [1.82, 2.24) is 14.7 Å². The van der Waals surface area contributed by atoms with Gasteiger partial charge >= 0.3 is 6.09 Å². The largest absolute Gasteiger partial charge is 0.478 e. The van der Waals surface area contributed by atoms with E-state index in [0.717, 1.165) is 37.8 Å². The summed E-state index contributed by atoms with van der Waals surface area (Å²) in [6.45, 7) is 4.65. The van der Waals surface area contributed by atoms with E-state index in [1.807, 2.05) is 30.3 Å². The van der Waals surface area contributed by atoms with Crippen molar-refractivity contribution >= 4 is 12.0 Å². The Bertz CT molecular complexity index is 900. The summed E-state index contributed by atoms with van der Waals surface area (Å²) in [6.07, 6.45) is 4.75. The van der Waals surface area contributed by atoms with Gasteiger partial charge in [0.05, 0.1) is 25.0 Å². The summed E-state index contributed by atoms with van der Waals surface area (Å²) in [5.41, 5.74) is 1.05. The fourth-order valence-corrected chi connectivity index (χ4v) is 5.08. The van der Waals surface area contributed by atoms with Crippen LogP contribution in [0.2, 0.25) is 0 Å². The van der Waals surface area contributed by atoms with Crippen LogP contribution in [0, 0.1) is 5.41 Å². The average molecular weight is 442 g/mol. The maximum Gasteiger partial charge on any atom is 0.415 e. The first-order chi connectivity index (χ1) is 15.5. The van der Waals surface area contributed by atoms with E-state index in [-0.39, 0.29) is 30.1 Å². The van der Waals surface area contributed by atoms with Crippen molar-refractivity contribution in [2.45, 2.75) is 57.4 Å². The third-order valence-corrected chi connectivity index (χ3v) is 7.41. The number of carbonyl (C=O) groups is 2. The normalized spacial score (nSPS) is 29.2. The molecule has 1 unspecified atom stereocenters. The second-order valence-electron chi connectivity index (χ2n) is 9.48. The maximum absolute atomic E-state index is 13.3. The van der Waals surface area contributed by atoms with Gasteiger partial charge in [0.15, 0.2) is 0 Å². The monoisotopic (exact) mass is 441 g/mol. The number of β-amino-alcohol motifs (C(OH)–C–C–N with tert-alkyl or cyclic N) is 1. The van der Waals surface area contributed by atoms with Crippen LogP contribution < -0.4 is 0 Å². The fourth-order valence-electron chi connectivity index (χ4n) is 5.08. The quantitative estimate of drug-likeness (QED) is 0.772. The Morgan fingerprint density at radius 3 is 2.75 bits per heavy atom. The van der Waals surface area contributed by atoms with Crippen molar-refractivity contribution in [1.29, 1.82) is 0 Å². The number of aliphatic hydroxyl groups excluding tert-OH is 1. The van der Waals surface area contributed by atoms with Crippen LogP contribution in [0.1, 0.15) is 38.2 Å². The first-order valence-electron chi connectivity index (χ1n) is 11.5. The van der Waals surface area contributed by atoms with Gasteiger partial charge in [0, 0.05) is 19.5 Å². The highest BCUT2D eigenvalue weighted by molar-refractivity contribution is 5.88. The highest BCUT2D eigenvalue weighted by atomic mass is 16.6. The van der Waals surface area contributed by atoms with Crippen molar-refractivity contribution in [2.24, 2.45) is 5.41 Å². The van der Waals surface area contributed by atoms with Crippen molar-refractivity contribution in [3.05, 3.63) is 48.0 Å². The fraction of sp³-hybridized carbons (Fsp3) is 0.583. The van der Waals surface area contributed by atoms with Crippen LogP contribution in [0.25, 0.3) is 0 Å². The Morgan fingerprint density at radius 1 is 1.25 bits per heavy atom. The number of carbonyl (C=O) groups excluding carboxylic acids is 2. The number of hydrogen-bond donors (Lipinski definition) is 1. The minimum absolute atomic E-state index is 0.0344. The molecule has 0 radical (unpaired) electrons. The molecule has 0 bridgehead atoms. The van der Waals surface area contributed by atoms with Gasteiger partial charge in [0.2, 0.25) is 5.88 Å². The Balaban J connectivity index is 1.25. The van der Waals surface area contributed by atoms with Gasteiger partial charge in [0.25, 0.3) is 5.91 Å². The highest BCUT2D eigenvalue weighted by Gasteiger charge is 2.51. The van der Waals surface area contributed by atoms with Gasteiger partial charge in [-0.3, -0.25) is 19.5 Å². The van der Waals surface area contributed by atoms with Crippen LogP contribution in [0.4, 0.5) is 4.79 Å². The number of ether oxygens (including phenoxy) is 2. The van der Waals surface area contributed by atoms with Crippen LogP contribution in [0.15, 0.2) is 42.4 Å². The Labute approximate surface area is 188 Å². The van der Waals surface area contributed by atoms with Gasteiger partial charge in [-0.25, -0.2) is 4.79 Å². The molecule has 1 saturated carbocycles. The first kappa shape index (κ1) is 21.3. The van der Waals surface area contributed by atoms with Crippen LogP contribution in [0.3, 0.4) is 0 Å². The highest BCUT2D eigenvalue weighted by Crippen LogP contribution is 2.53. The van der Waals surface area contributed by atoms with Crippen LogP contribution in [-0.4, -0.2) is 76.2 Å². The molecule has 2 saturated heterocycles. The predicted molar refractivity (Wildman–Crippen MR) is 116 cm³/mol. The molecule has 1 aromatic rings. The third-order valence-electron chi connectivity index (χ3n) is 7.41. The van der Waals surface area contributed by atoms with E-state index in [2.05, 4.69) is 4.90 Å². The van der Waals surface area contributed by atoms with Gasteiger partial charge in [-0.15, -0.1) is 0 Å². The SMILES string of the molecule is C[C@H]1C(=O)N2C(=CN1C(=O)OCc1ccccc1)OCC[C@H]2CN1CCC2(CC2)C(O)C1. The minimum Gasteiger partial charge on any atom is -0.478 e. The zero-order valence-electron chi connectivity index (χ0n) is 18.5. The van der Waals surface area contributed by atoms with E-state index in [4.69, 9.17) is 9.47 Å². The van der Waals surface area contributed by atoms with E-state index >= 15 is 0 Å². The lowest BCUT2D eigenvalue weighted by molar-refractivity contribution is -0.145. The van der Waals surface area contributed by atoms with Gasteiger partial charge in [-0.1, -0.05) is 30.3 Å². The van der Waals surface area contributed by atoms with Crippen molar-refractivity contribution in [3.63, 3.8) is 0 Å². The predicted octanol–water partition coefficient (Wildman–Crippen LogP) is 2.29. The number of amides is 2.